The molecule has 0 saturated carbocycles. The van der Waals surface area contributed by atoms with E-state index >= 15 is 0 Å². The van der Waals surface area contributed by atoms with Crippen LogP contribution in [0.4, 0.5) is 5.69 Å². The van der Waals surface area contributed by atoms with Crippen molar-refractivity contribution >= 4 is 11.7 Å². The van der Waals surface area contributed by atoms with Crippen LogP contribution < -0.4 is 5.73 Å². The third-order valence-electron chi connectivity index (χ3n) is 3.49. The quantitative estimate of drug-likeness (QED) is 0.514. The summed E-state index contributed by atoms with van der Waals surface area (Å²) >= 11 is 0. The van der Waals surface area contributed by atoms with E-state index in [1.807, 2.05) is 12.1 Å². The molecule has 0 bridgehead atoms. The van der Waals surface area contributed by atoms with Crippen LogP contribution in [0.25, 0.3) is 0 Å². The zero-order chi connectivity index (χ0) is 13.8. The molecule has 1 aromatic rings. The average molecular weight is 260 g/mol. The fourth-order valence-electron chi connectivity index (χ4n) is 2.30. The first kappa shape index (κ1) is 13.6. The molecule has 0 atom stereocenters. The maximum atomic E-state index is 11.8. The number of rotatable bonds is 3. The number of carbonyl (C=O) groups excluding carboxylic acids is 1. The van der Waals surface area contributed by atoms with Crippen LogP contribution in [-0.2, 0) is 11.3 Å². The maximum Gasteiger partial charge on any atom is 0.340 e. The molecule has 0 aliphatic carbocycles. The van der Waals surface area contributed by atoms with Crippen molar-refractivity contribution in [3.63, 3.8) is 0 Å². The smallest absolute Gasteiger partial charge is 0.340 e. The molecule has 0 spiro atoms. The monoisotopic (exact) mass is 260 g/mol. The molecule has 0 aromatic heterocycles. The second-order valence-corrected chi connectivity index (χ2v) is 4.91. The molecule has 0 radical (unpaired) electrons. The molecule has 0 saturated heterocycles. The summed E-state index contributed by atoms with van der Waals surface area (Å²) in [5.41, 5.74) is 9.23. The van der Waals surface area contributed by atoms with Crippen molar-refractivity contribution < 1.29 is 9.53 Å². The van der Waals surface area contributed by atoms with E-state index in [0.717, 1.165) is 31.6 Å². The van der Waals surface area contributed by atoms with Crippen molar-refractivity contribution in [3.05, 3.63) is 41.0 Å². The van der Waals surface area contributed by atoms with Crippen LogP contribution in [-0.4, -0.2) is 31.1 Å². The topological polar surface area (TPSA) is 55.6 Å². The molecule has 2 N–H and O–H groups in total. The molecule has 1 heterocycles. The Kier molecular flexibility index (Phi) is 4.22. The molecule has 1 aliphatic heterocycles. The number of methoxy groups -OCH3 is 1. The molecular weight excluding hydrogens is 240 g/mol. The van der Waals surface area contributed by atoms with E-state index in [1.165, 1.54) is 12.7 Å². The highest BCUT2D eigenvalue weighted by Gasteiger charge is 2.18. The predicted molar refractivity (Wildman–Crippen MR) is 75.8 cm³/mol. The number of nitrogens with zero attached hydrogens (tertiary/aromatic N) is 1. The number of hydrogen-bond donors (Lipinski definition) is 1. The molecule has 0 unspecified atom stereocenters. The fraction of sp³-hybridized carbons (Fsp3) is 0.400. The summed E-state index contributed by atoms with van der Waals surface area (Å²) in [6.07, 6.45) is 3.31. The number of carbonyl (C=O) groups is 1. The number of nitrogen functional groups attached to an aromatic ring is 1. The third kappa shape index (κ3) is 3.15. The van der Waals surface area contributed by atoms with Crippen molar-refractivity contribution in [1.29, 1.82) is 0 Å². The molecule has 0 amide bonds. The molecule has 2 rings (SSSR count). The van der Waals surface area contributed by atoms with Gasteiger partial charge in [0.15, 0.2) is 0 Å². The SMILES string of the molecule is COC(=O)c1c(N)cccc1CN1CC=C(C)CC1. The highest BCUT2D eigenvalue weighted by Crippen LogP contribution is 2.21. The minimum Gasteiger partial charge on any atom is -0.465 e. The first-order valence-electron chi connectivity index (χ1n) is 6.45. The van der Waals surface area contributed by atoms with Gasteiger partial charge >= 0.3 is 5.97 Å². The van der Waals surface area contributed by atoms with Crippen molar-refractivity contribution in [2.45, 2.75) is 19.9 Å². The number of anilines is 1. The van der Waals surface area contributed by atoms with E-state index in [1.54, 1.807) is 6.07 Å². The molecular formula is C15H20N2O2. The van der Waals surface area contributed by atoms with Crippen LogP contribution in [0.5, 0.6) is 0 Å². The van der Waals surface area contributed by atoms with E-state index < -0.39 is 0 Å². The van der Waals surface area contributed by atoms with Gasteiger partial charge in [-0.1, -0.05) is 23.8 Å². The normalized spacial score (nSPS) is 16.0. The molecule has 1 aliphatic rings. The van der Waals surface area contributed by atoms with Gasteiger partial charge in [-0.3, -0.25) is 4.90 Å². The Balaban J connectivity index is 2.21. The van der Waals surface area contributed by atoms with Gasteiger partial charge in [-0.2, -0.15) is 0 Å². The Morgan fingerprint density at radius 2 is 2.26 bits per heavy atom. The standard InChI is InChI=1S/C15H20N2O2/c1-11-6-8-17(9-7-11)10-12-4-3-5-13(16)14(12)15(18)19-2/h3-6H,7-10,16H2,1-2H3. The number of nitrogens with two attached hydrogens (primary N) is 1. The summed E-state index contributed by atoms with van der Waals surface area (Å²) in [6.45, 7) is 4.80. The zero-order valence-corrected chi connectivity index (χ0v) is 11.5. The lowest BCUT2D eigenvalue weighted by atomic mass is 10.0. The van der Waals surface area contributed by atoms with Crippen LogP contribution in [0, 0.1) is 0 Å². The summed E-state index contributed by atoms with van der Waals surface area (Å²) in [4.78, 5) is 14.1. The van der Waals surface area contributed by atoms with Gasteiger partial charge in [0.25, 0.3) is 0 Å². The van der Waals surface area contributed by atoms with Crippen LogP contribution in [0.3, 0.4) is 0 Å². The van der Waals surface area contributed by atoms with Crippen molar-refractivity contribution in [3.8, 4) is 0 Å². The summed E-state index contributed by atoms with van der Waals surface area (Å²) in [7, 11) is 1.38. The zero-order valence-electron chi connectivity index (χ0n) is 11.5. The van der Waals surface area contributed by atoms with Gasteiger partial charge in [0.2, 0.25) is 0 Å². The van der Waals surface area contributed by atoms with Gasteiger partial charge in [-0.15, -0.1) is 0 Å². The Bertz CT molecular complexity index is 509. The summed E-state index contributed by atoms with van der Waals surface area (Å²) in [5.74, 6) is -0.364. The summed E-state index contributed by atoms with van der Waals surface area (Å²) in [6, 6.07) is 5.55. The van der Waals surface area contributed by atoms with Gasteiger partial charge in [-0.05, 0) is 25.0 Å². The molecule has 0 fully saturated rings. The Labute approximate surface area is 113 Å². The van der Waals surface area contributed by atoms with E-state index in [-0.39, 0.29) is 5.97 Å². The van der Waals surface area contributed by atoms with E-state index in [4.69, 9.17) is 10.5 Å². The highest BCUT2D eigenvalue weighted by molar-refractivity contribution is 5.96. The van der Waals surface area contributed by atoms with Crippen LogP contribution in [0.15, 0.2) is 29.8 Å². The van der Waals surface area contributed by atoms with Gasteiger partial charge in [0, 0.05) is 25.3 Å². The Morgan fingerprint density at radius 3 is 2.89 bits per heavy atom. The highest BCUT2D eigenvalue weighted by atomic mass is 16.5. The number of benzene rings is 1. The first-order chi connectivity index (χ1) is 9.11. The van der Waals surface area contributed by atoms with Gasteiger partial charge in [0.05, 0.1) is 12.7 Å². The van der Waals surface area contributed by atoms with E-state index in [2.05, 4.69) is 17.9 Å². The first-order valence-corrected chi connectivity index (χ1v) is 6.45. The van der Waals surface area contributed by atoms with Crippen molar-refractivity contribution in [2.24, 2.45) is 0 Å². The number of ether oxygens (including phenoxy) is 1. The molecule has 4 heteroatoms. The lowest BCUT2D eigenvalue weighted by Crippen LogP contribution is -2.29. The largest absolute Gasteiger partial charge is 0.465 e. The minimum absolute atomic E-state index is 0.364. The van der Waals surface area contributed by atoms with Crippen molar-refractivity contribution in [2.75, 3.05) is 25.9 Å². The number of hydrogen-bond acceptors (Lipinski definition) is 4. The van der Waals surface area contributed by atoms with Crippen LogP contribution >= 0.6 is 0 Å². The maximum absolute atomic E-state index is 11.8. The Morgan fingerprint density at radius 1 is 1.47 bits per heavy atom. The van der Waals surface area contributed by atoms with Crippen LogP contribution in [0.1, 0.15) is 29.3 Å². The molecule has 4 nitrogen and oxygen atoms in total. The minimum atomic E-state index is -0.364. The van der Waals surface area contributed by atoms with Gasteiger partial charge in [-0.25, -0.2) is 4.79 Å². The second-order valence-electron chi connectivity index (χ2n) is 4.91. The fourth-order valence-corrected chi connectivity index (χ4v) is 2.30. The third-order valence-corrected chi connectivity index (χ3v) is 3.49. The number of esters is 1. The lowest BCUT2D eigenvalue weighted by molar-refractivity contribution is 0.0599. The Hall–Kier alpha value is -1.81. The summed E-state index contributed by atoms with van der Waals surface area (Å²) in [5, 5.41) is 0. The van der Waals surface area contributed by atoms with Crippen molar-refractivity contribution in [1.82, 2.24) is 4.90 Å². The lowest BCUT2D eigenvalue weighted by Gasteiger charge is -2.26. The molecule has 1 aromatic carbocycles. The van der Waals surface area contributed by atoms with Crippen LogP contribution in [0.2, 0.25) is 0 Å². The molecule has 102 valence electrons. The second kappa shape index (κ2) is 5.89. The van der Waals surface area contributed by atoms with Gasteiger partial charge in [0.1, 0.15) is 0 Å². The van der Waals surface area contributed by atoms with E-state index in [9.17, 15) is 4.79 Å². The predicted octanol–water partition coefficient (Wildman–Crippen LogP) is 2.21. The summed E-state index contributed by atoms with van der Waals surface area (Å²) < 4.78 is 4.81. The van der Waals surface area contributed by atoms with Gasteiger partial charge < -0.3 is 10.5 Å². The average Bonchev–Trinajstić information content (AvgIpc) is 2.41. The molecule has 19 heavy (non-hydrogen) atoms. The van der Waals surface area contributed by atoms with E-state index in [0.29, 0.717) is 11.3 Å².